The maximum atomic E-state index is 13.1. The predicted molar refractivity (Wildman–Crippen MR) is 103 cm³/mol. The molecule has 28 heavy (non-hydrogen) atoms. The van der Waals surface area contributed by atoms with E-state index >= 15 is 0 Å². The molecule has 1 aliphatic carbocycles. The Morgan fingerprint density at radius 1 is 1.32 bits per heavy atom. The van der Waals surface area contributed by atoms with Gasteiger partial charge < -0.3 is 15.4 Å². The van der Waals surface area contributed by atoms with Crippen LogP contribution in [0.2, 0.25) is 0 Å². The predicted octanol–water partition coefficient (Wildman–Crippen LogP) is 3.48. The first-order valence-electron chi connectivity index (χ1n) is 10.1. The van der Waals surface area contributed by atoms with Crippen molar-refractivity contribution in [1.29, 1.82) is 0 Å². The van der Waals surface area contributed by atoms with Gasteiger partial charge in [0.2, 0.25) is 0 Å². The molecule has 0 radical (unpaired) electrons. The zero-order valence-corrected chi connectivity index (χ0v) is 17.0. The second-order valence-corrected chi connectivity index (χ2v) is 7.12. The number of alkyl halides is 3. The molecule has 1 heterocycles. The lowest BCUT2D eigenvalue weighted by molar-refractivity contribution is -0.142. The van der Waals surface area contributed by atoms with Crippen LogP contribution >= 0.6 is 0 Å². The number of aryl methyl sites for hydroxylation is 1. The Morgan fingerprint density at radius 3 is 2.64 bits per heavy atom. The lowest BCUT2D eigenvalue weighted by atomic mass is 9.98. The van der Waals surface area contributed by atoms with Crippen LogP contribution in [0.4, 0.5) is 13.2 Å². The number of hydrogen-bond acceptors (Lipinski definition) is 3. The van der Waals surface area contributed by atoms with Crippen LogP contribution in [0, 0.1) is 5.92 Å². The standard InChI is InChI=1S/C19H32F3N5O/c1-4-23-18(24-11-10-16(28-5-2)14-8-6-7-9-14)25-12-15-13-27(3)26-17(15)19(20,21)22/h13-14,16H,4-12H2,1-3H3,(H2,23,24,25). The third-order valence-corrected chi connectivity index (χ3v) is 4.95. The van der Waals surface area contributed by atoms with Gasteiger partial charge in [-0.25, -0.2) is 4.99 Å². The van der Waals surface area contributed by atoms with Crippen molar-refractivity contribution in [2.75, 3.05) is 19.7 Å². The molecule has 0 amide bonds. The molecule has 2 N–H and O–H groups in total. The molecule has 1 aromatic heterocycles. The Kier molecular flexibility index (Phi) is 8.59. The maximum Gasteiger partial charge on any atom is 0.435 e. The lowest BCUT2D eigenvalue weighted by Gasteiger charge is -2.24. The quantitative estimate of drug-likeness (QED) is 0.490. The van der Waals surface area contributed by atoms with E-state index in [-0.39, 0.29) is 18.2 Å². The van der Waals surface area contributed by atoms with E-state index in [1.807, 2.05) is 13.8 Å². The van der Waals surface area contributed by atoms with Gasteiger partial charge in [0.05, 0.1) is 12.6 Å². The Morgan fingerprint density at radius 2 is 2.04 bits per heavy atom. The van der Waals surface area contributed by atoms with E-state index < -0.39 is 11.9 Å². The van der Waals surface area contributed by atoms with Crippen LogP contribution in [-0.4, -0.2) is 41.5 Å². The van der Waals surface area contributed by atoms with E-state index in [1.165, 1.54) is 43.6 Å². The number of guanidine groups is 1. The van der Waals surface area contributed by atoms with Gasteiger partial charge in [0, 0.05) is 38.5 Å². The van der Waals surface area contributed by atoms with E-state index in [0.29, 0.717) is 31.6 Å². The third kappa shape index (κ3) is 6.68. The fraction of sp³-hybridized carbons (Fsp3) is 0.789. The highest BCUT2D eigenvalue weighted by atomic mass is 19.4. The number of nitrogens with one attached hydrogen (secondary N) is 2. The first-order valence-corrected chi connectivity index (χ1v) is 10.1. The fourth-order valence-electron chi connectivity index (χ4n) is 3.73. The number of ether oxygens (including phenoxy) is 1. The zero-order chi connectivity index (χ0) is 20.6. The van der Waals surface area contributed by atoms with E-state index in [1.54, 1.807) is 0 Å². The molecule has 2 rings (SSSR count). The van der Waals surface area contributed by atoms with Crippen molar-refractivity contribution in [2.24, 2.45) is 18.0 Å². The van der Waals surface area contributed by atoms with Crippen molar-refractivity contribution in [2.45, 2.75) is 64.8 Å². The van der Waals surface area contributed by atoms with Crippen LogP contribution in [0.3, 0.4) is 0 Å². The molecular formula is C19H32F3N5O. The smallest absolute Gasteiger partial charge is 0.378 e. The first kappa shape index (κ1) is 22.5. The molecule has 1 fully saturated rings. The second-order valence-electron chi connectivity index (χ2n) is 7.12. The molecule has 1 atom stereocenters. The molecule has 9 heteroatoms. The molecule has 0 saturated heterocycles. The van der Waals surface area contributed by atoms with E-state index in [4.69, 9.17) is 4.74 Å². The fourth-order valence-corrected chi connectivity index (χ4v) is 3.73. The van der Waals surface area contributed by atoms with E-state index in [2.05, 4.69) is 20.7 Å². The number of aliphatic imine (C=N–C) groups is 1. The summed E-state index contributed by atoms with van der Waals surface area (Å²) >= 11 is 0. The maximum absolute atomic E-state index is 13.1. The number of aromatic nitrogens is 2. The topological polar surface area (TPSA) is 63.5 Å². The summed E-state index contributed by atoms with van der Waals surface area (Å²) in [6.45, 7) is 5.82. The Labute approximate surface area is 164 Å². The summed E-state index contributed by atoms with van der Waals surface area (Å²) in [4.78, 5) is 4.31. The number of rotatable bonds is 9. The molecule has 1 saturated carbocycles. The number of halogens is 3. The number of nitrogens with zero attached hydrogens (tertiary/aromatic N) is 3. The average Bonchev–Trinajstić information content (AvgIpc) is 3.28. The van der Waals surface area contributed by atoms with Gasteiger partial charge in [-0.2, -0.15) is 18.3 Å². The third-order valence-electron chi connectivity index (χ3n) is 4.95. The van der Waals surface area contributed by atoms with Crippen molar-refractivity contribution in [1.82, 2.24) is 20.4 Å². The van der Waals surface area contributed by atoms with Gasteiger partial charge in [-0.05, 0) is 39.0 Å². The van der Waals surface area contributed by atoms with Crippen molar-refractivity contribution in [3.05, 3.63) is 17.5 Å². The first-order chi connectivity index (χ1) is 13.3. The highest BCUT2D eigenvalue weighted by molar-refractivity contribution is 5.79. The van der Waals surface area contributed by atoms with Crippen molar-refractivity contribution in [3.63, 3.8) is 0 Å². The average molecular weight is 403 g/mol. The molecule has 0 spiro atoms. The van der Waals surface area contributed by atoms with Gasteiger partial charge in [0.15, 0.2) is 11.7 Å². The Bertz CT molecular complexity index is 624. The Balaban J connectivity index is 1.95. The summed E-state index contributed by atoms with van der Waals surface area (Å²) in [7, 11) is 1.48. The summed E-state index contributed by atoms with van der Waals surface area (Å²) < 4.78 is 46.3. The van der Waals surface area contributed by atoms with Gasteiger partial charge in [-0.3, -0.25) is 4.68 Å². The van der Waals surface area contributed by atoms with Crippen LogP contribution in [0.15, 0.2) is 11.2 Å². The number of hydrogen-bond donors (Lipinski definition) is 2. The van der Waals surface area contributed by atoms with Gasteiger partial charge in [-0.15, -0.1) is 0 Å². The highest BCUT2D eigenvalue weighted by Gasteiger charge is 2.36. The summed E-state index contributed by atoms with van der Waals surface area (Å²) in [6.07, 6.45) is 2.89. The van der Waals surface area contributed by atoms with Gasteiger partial charge >= 0.3 is 6.18 Å². The Hall–Kier alpha value is -1.77. The van der Waals surface area contributed by atoms with Gasteiger partial charge in [-0.1, -0.05) is 12.8 Å². The second kappa shape index (κ2) is 10.7. The summed E-state index contributed by atoms with van der Waals surface area (Å²) in [5.41, 5.74) is -0.822. The summed E-state index contributed by atoms with van der Waals surface area (Å²) in [5.74, 6) is 1.10. The van der Waals surface area contributed by atoms with E-state index in [0.717, 1.165) is 6.42 Å². The minimum Gasteiger partial charge on any atom is -0.378 e. The molecule has 0 aliphatic heterocycles. The monoisotopic (exact) mass is 403 g/mol. The molecule has 1 aromatic rings. The SMILES string of the molecule is CCNC(=NCc1cn(C)nc1C(F)(F)F)NCCC(OCC)C1CCCC1. The van der Waals surface area contributed by atoms with Crippen LogP contribution in [0.5, 0.6) is 0 Å². The van der Waals surface area contributed by atoms with Gasteiger partial charge in [0.25, 0.3) is 0 Å². The van der Waals surface area contributed by atoms with E-state index in [9.17, 15) is 13.2 Å². The molecule has 160 valence electrons. The molecule has 1 unspecified atom stereocenters. The molecular weight excluding hydrogens is 371 g/mol. The van der Waals surface area contributed by atoms with Crippen molar-refractivity contribution < 1.29 is 17.9 Å². The largest absolute Gasteiger partial charge is 0.435 e. The van der Waals surface area contributed by atoms with Crippen molar-refractivity contribution in [3.8, 4) is 0 Å². The highest BCUT2D eigenvalue weighted by Crippen LogP contribution is 2.31. The van der Waals surface area contributed by atoms with Gasteiger partial charge in [0.1, 0.15) is 0 Å². The minimum absolute atomic E-state index is 0.0605. The molecule has 0 bridgehead atoms. The zero-order valence-electron chi connectivity index (χ0n) is 17.0. The molecule has 0 aromatic carbocycles. The van der Waals surface area contributed by atoms with Crippen LogP contribution in [0.25, 0.3) is 0 Å². The van der Waals surface area contributed by atoms with Crippen LogP contribution < -0.4 is 10.6 Å². The van der Waals surface area contributed by atoms with Crippen LogP contribution in [-0.2, 0) is 24.5 Å². The minimum atomic E-state index is -4.48. The molecule has 6 nitrogen and oxygen atoms in total. The van der Waals surface area contributed by atoms with Crippen molar-refractivity contribution >= 4 is 5.96 Å². The lowest BCUT2D eigenvalue weighted by Crippen LogP contribution is -2.39. The van der Waals surface area contributed by atoms with Crippen LogP contribution in [0.1, 0.15) is 57.2 Å². The molecule has 1 aliphatic rings. The summed E-state index contributed by atoms with van der Waals surface area (Å²) in [6, 6.07) is 0. The summed E-state index contributed by atoms with van der Waals surface area (Å²) in [5, 5.41) is 9.82. The normalized spacial score (nSPS) is 17.1.